The number of anilines is 1. The maximum absolute atomic E-state index is 12.5. The number of pyridine rings is 2. The fourth-order valence-electron chi connectivity index (χ4n) is 4.40. The van der Waals surface area contributed by atoms with Crippen LogP contribution in [0.2, 0.25) is 0 Å². The molecule has 0 aromatic carbocycles. The van der Waals surface area contributed by atoms with Gasteiger partial charge >= 0.3 is 6.09 Å². The van der Waals surface area contributed by atoms with E-state index >= 15 is 0 Å². The molecule has 0 radical (unpaired) electrons. The van der Waals surface area contributed by atoms with E-state index in [9.17, 15) is 10.1 Å². The lowest BCUT2D eigenvalue weighted by atomic mass is 10.2. The molecular weight excluding hydrogens is 456 g/mol. The van der Waals surface area contributed by atoms with E-state index in [4.69, 9.17) is 14.7 Å². The molecular formula is C26H28N8O2. The smallest absolute Gasteiger partial charge is 0.410 e. The maximum Gasteiger partial charge on any atom is 0.410 e. The summed E-state index contributed by atoms with van der Waals surface area (Å²) in [6.45, 7) is 8.95. The van der Waals surface area contributed by atoms with Gasteiger partial charge in [-0.1, -0.05) is 0 Å². The van der Waals surface area contributed by atoms with Gasteiger partial charge in [0, 0.05) is 38.1 Å². The van der Waals surface area contributed by atoms with Crippen LogP contribution in [0.3, 0.4) is 0 Å². The van der Waals surface area contributed by atoms with Gasteiger partial charge in [0.15, 0.2) is 11.5 Å². The van der Waals surface area contributed by atoms with Gasteiger partial charge in [0.2, 0.25) is 0 Å². The van der Waals surface area contributed by atoms with Gasteiger partial charge in [0.1, 0.15) is 23.0 Å². The van der Waals surface area contributed by atoms with Gasteiger partial charge in [0.05, 0.1) is 29.0 Å². The first-order valence-electron chi connectivity index (χ1n) is 11.9. The summed E-state index contributed by atoms with van der Waals surface area (Å²) < 4.78 is 7.34. The minimum Gasteiger partial charge on any atom is -0.444 e. The summed E-state index contributed by atoms with van der Waals surface area (Å²) in [5.41, 5.74) is 3.52. The highest BCUT2D eigenvalue weighted by Crippen LogP contribution is 2.26. The Morgan fingerprint density at radius 1 is 1.19 bits per heavy atom. The Labute approximate surface area is 209 Å². The molecule has 10 nitrogen and oxygen atoms in total. The molecule has 5 rings (SSSR count). The Hall–Kier alpha value is -4.26. The summed E-state index contributed by atoms with van der Waals surface area (Å²) in [7, 11) is 1.78. The van der Waals surface area contributed by atoms with E-state index in [1.807, 2.05) is 56.6 Å². The van der Waals surface area contributed by atoms with Crippen LogP contribution in [0.25, 0.3) is 28.1 Å². The highest BCUT2D eigenvalue weighted by molar-refractivity contribution is 5.78. The summed E-state index contributed by atoms with van der Waals surface area (Å²) in [5.74, 6) is 1.34. The monoisotopic (exact) mass is 484 g/mol. The van der Waals surface area contributed by atoms with E-state index in [2.05, 4.69) is 20.9 Å². The van der Waals surface area contributed by atoms with E-state index in [1.54, 1.807) is 24.2 Å². The second kappa shape index (κ2) is 8.75. The quantitative estimate of drug-likeness (QED) is 0.429. The van der Waals surface area contributed by atoms with Crippen LogP contribution in [0.4, 0.5) is 10.6 Å². The minimum atomic E-state index is -0.526. The lowest BCUT2D eigenvalue weighted by Gasteiger charge is -2.28. The third kappa shape index (κ3) is 4.52. The van der Waals surface area contributed by atoms with Crippen molar-refractivity contribution >= 4 is 28.6 Å². The average Bonchev–Trinajstić information content (AvgIpc) is 3.47. The lowest BCUT2D eigenvalue weighted by molar-refractivity contribution is 0.0238. The Morgan fingerprint density at radius 3 is 2.75 bits per heavy atom. The van der Waals surface area contributed by atoms with Crippen molar-refractivity contribution in [2.75, 3.05) is 25.0 Å². The number of likely N-dealkylation sites (N-methyl/N-ethyl adjacent to an activating group) is 1. The number of nitrogens with zero attached hydrogens (tertiary/aromatic N) is 8. The minimum absolute atomic E-state index is 0.0482. The van der Waals surface area contributed by atoms with Crippen LogP contribution < -0.4 is 4.90 Å². The van der Waals surface area contributed by atoms with E-state index in [0.717, 1.165) is 30.0 Å². The molecule has 1 fully saturated rings. The van der Waals surface area contributed by atoms with Crippen LogP contribution in [-0.4, -0.2) is 67.1 Å². The molecule has 0 saturated carbocycles. The van der Waals surface area contributed by atoms with E-state index < -0.39 is 5.60 Å². The Balaban J connectivity index is 1.36. The van der Waals surface area contributed by atoms with Crippen molar-refractivity contribution in [1.29, 1.82) is 5.26 Å². The van der Waals surface area contributed by atoms with Gasteiger partial charge in [-0.2, -0.15) is 5.26 Å². The van der Waals surface area contributed by atoms with Crippen LogP contribution in [0.5, 0.6) is 0 Å². The number of nitriles is 1. The number of fused-ring (bicyclic) bond motifs is 2. The van der Waals surface area contributed by atoms with Crippen LogP contribution >= 0.6 is 0 Å². The number of aromatic nitrogens is 5. The number of carbonyl (C=O) groups is 1. The number of carbonyl (C=O) groups excluding carboxylic acids is 1. The second-order valence-electron chi connectivity index (χ2n) is 10.1. The molecule has 0 aliphatic carbocycles. The fraction of sp³-hybridized carbons (Fsp3) is 0.385. The Bertz CT molecular complexity index is 1510. The number of amides is 1. The molecule has 184 valence electrons. The summed E-state index contributed by atoms with van der Waals surface area (Å²) >= 11 is 0. The molecule has 1 saturated heterocycles. The van der Waals surface area contributed by atoms with E-state index in [1.165, 1.54) is 0 Å². The first kappa shape index (κ1) is 23.5. The molecule has 10 heteroatoms. The molecule has 0 bridgehead atoms. The number of imidazole rings is 1. The predicted molar refractivity (Wildman–Crippen MR) is 136 cm³/mol. The van der Waals surface area contributed by atoms with Crippen LogP contribution in [0, 0.1) is 18.3 Å². The topological polar surface area (TPSA) is 113 Å². The van der Waals surface area contributed by atoms with Crippen molar-refractivity contribution in [3.63, 3.8) is 0 Å². The van der Waals surface area contributed by atoms with Crippen LogP contribution in [-0.2, 0) is 4.74 Å². The zero-order valence-corrected chi connectivity index (χ0v) is 21.1. The molecule has 1 aliphatic rings. The fourth-order valence-corrected chi connectivity index (χ4v) is 4.40. The zero-order chi connectivity index (χ0) is 25.6. The molecule has 0 N–H and O–H groups in total. The number of ether oxygens (including phenoxy) is 1. The highest BCUT2D eigenvalue weighted by atomic mass is 16.6. The lowest BCUT2D eigenvalue weighted by Crippen LogP contribution is -2.42. The summed E-state index contributed by atoms with van der Waals surface area (Å²) in [6.07, 6.45) is 5.98. The maximum atomic E-state index is 12.5. The molecule has 4 aromatic rings. The van der Waals surface area contributed by atoms with Crippen LogP contribution in [0.1, 0.15) is 38.4 Å². The van der Waals surface area contributed by atoms with Gasteiger partial charge in [0.25, 0.3) is 0 Å². The number of aryl methyl sites for hydroxylation is 1. The number of hydrogen-bond acceptors (Lipinski definition) is 8. The molecule has 4 aromatic heterocycles. The largest absolute Gasteiger partial charge is 0.444 e. The van der Waals surface area contributed by atoms with Crippen molar-refractivity contribution in [2.24, 2.45) is 0 Å². The normalized spacial score (nSPS) is 15.9. The second-order valence-corrected chi connectivity index (χ2v) is 10.1. The molecule has 0 spiro atoms. The van der Waals surface area contributed by atoms with Gasteiger partial charge in [-0.25, -0.2) is 24.7 Å². The Morgan fingerprint density at radius 2 is 2.00 bits per heavy atom. The van der Waals surface area contributed by atoms with Crippen LogP contribution in [0.15, 0.2) is 36.8 Å². The zero-order valence-electron chi connectivity index (χ0n) is 21.1. The van der Waals surface area contributed by atoms with Crippen molar-refractivity contribution in [3.8, 4) is 17.5 Å². The third-order valence-corrected chi connectivity index (χ3v) is 6.19. The molecule has 36 heavy (non-hydrogen) atoms. The standard InChI is InChI=1S/C26H28N8O2/c1-16-13-34-14-18(10-17(11-27)24(34)29-16)23-28-12-21-20(31-23)6-7-22(30-21)33-9-8-19(15-33)32(5)25(35)36-26(2,3)4/h6-7,10,12-14,19H,8-9,15H2,1-5H3/t19-/m1/s1. The van der Waals surface area contributed by atoms with Gasteiger partial charge < -0.3 is 18.9 Å². The summed E-state index contributed by atoms with van der Waals surface area (Å²) in [4.78, 5) is 34.7. The van der Waals surface area contributed by atoms with Crippen molar-refractivity contribution in [3.05, 3.63) is 48.0 Å². The van der Waals surface area contributed by atoms with Crippen molar-refractivity contribution in [1.82, 2.24) is 29.2 Å². The van der Waals surface area contributed by atoms with Crippen molar-refractivity contribution < 1.29 is 9.53 Å². The summed E-state index contributed by atoms with van der Waals surface area (Å²) in [5, 5.41) is 9.57. The number of rotatable bonds is 3. The SMILES string of the molecule is Cc1cn2cc(-c3ncc4nc(N5CC[C@@H](N(C)C(=O)OC(C)(C)C)C5)ccc4n3)cc(C#N)c2n1. The number of hydrogen-bond donors (Lipinski definition) is 0. The molecule has 1 aliphatic heterocycles. The Kier molecular flexibility index (Phi) is 5.71. The molecule has 1 amide bonds. The third-order valence-electron chi connectivity index (χ3n) is 6.19. The van der Waals surface area contributed by atoms with Crippen molar-refractivity contribution in [2.45, 2.75) is 45.8 Å². The average molecular weight is 485 g/mol. The van der Waals surface area contributed by atoms with E-state index in [-0.39, 0.29) is 12.1 Å². The molecule has 0 unspecified atom stereocenters. The first-order valence-corrected chi connectivity index (χ1v) is 11.9. The van der Waals surface area contributed by atoms with Gasteiger partial charge in [-0.05, 0) is 52.3 Å². The molecule has 1 atom stereocenters. The summed E-state index contributed by atoms with van der Waals surface area (Å²) in [6, 6.07) is 7.89. The van der Waals surface area contributed by atoms with Gasteiger partial charge in [-0.15, -0.1) is 0 Å². The van der Waals surface area contributed by atoms with E-state index in [0.29, 0.717) is 34.6 Å². The predicted octanol–water partition coefficient (Wildman–Crippen LogP) is 3.97. The molecule has 5 heterocycles. The highest BCUT2D eigenvalue weighted by Gasteiger charge is 2.31. The first-order chi connectivity index (χ1) is 17.1. The van der Waals surface area contributed by atoms with Gasteiger partial charge in [-0.3, -0.25) is 0 Å².